The number of Topliss-reactive ketones (excluding diaryl/α,β-unsaturated/α-hetero) is 1. The summed E-state index contributed by atoms with van der Waals surface area (Å²) in [5.41, 5.74) is 0.675. The Morgan fingerprint density at radius 2 is 1.69 bits per heavy atom. The summed E-state index contributed by atoms with van der Waals surface area (Å²) in [6.45, 7) is 3.67. The van der Waals surface area contributed by atoms with Crippen LogP contribution in [0.3, 0.4) is 0 Å². The molecule has 144 valence electrons. The predicted molar refractivity (Wildman–Crippen MR) is 107 cm³/mol. The number of nitriles is 2. The normalized spacial score (nSPS) is 19.4. The summed E-state index contributed by atoms with van der Waals surface area (Å²) in [7, 11) is 0. The Morgan fingerprint density at radius 1 is 1.07 bits per heavy atom. The Labute approximate surface area is 169 Å². The topological polar surface area (TPSA) is 90.9 Å². The van der Waals surface area contributed by atoms with Gasteiger partial charge in [-0.25, -0.2) is 0 Å². The monoisotopic (exact) mass is 384 g/mol. The molecule has 0 bridgehead atoms. The van der Waals surface area contributed by atoms with Gasteiger partial charge in [0.1, 0.15) is 23.1 Å². The molecule has 0 saturated heterocycles. The van der Waals surface area contributed by atoms with E-state index in [4.69, 9.17) is 4.74 Å². The minimum absolute atomic E-state index is 0.141. The van der Waals surface area contributed by atoms with Crippen molar-refractivity contribution in [2.45, 2.75) is 20.3 Å². The number of benzene rings is 2. The van der Waals surface area contributed by atoms with E-state index in [0.717, 1.165) is 5.56 Å². The Hall–Kier alpha value is -3.70. The van der Waals surface area contributed by atoms with Crippen molar-refractivity contribution in [3.8, 4) is 12.1 Å². The highest BCUT2D eigenvalue weighted by Crippen LogP contribution is 2.63. The van der Waals surface area contributed by atoms with E-state index in [1.807, 2.05) is 31.2 Å². The molecule has 3 rings (SSSR count). The lowest BCUT2D eigenvalue weighted by molar-refractivity contribution is -0.147. The van der Waals surface area contributed by atoms with Gasteiger partial charge in [0.25, 0.3) is 0 Å². The fraction of sp³-hybridized carbons (Fsp3) is 0.250. The van der Waals surface area contributed by atoms with E-state index in [2.05, 4.69) is 0 Å². The van der Waals surface area contributed by atoms with Gasteiger partial charge in [-0.05, 0) is 31.4 Å². The first-order valence-electron chi connectivity index (χ1n) is 9.38. The SMILES string of the molecule is CCOC(=O)[C@]1(C(=C(C#N)C#N)c2ccccc2)C[C@H]1C(=O)c1ccccc1C. The van der Waals surface area contributed by atoms with E-state index in [0.29, 0.717) is 11.1 Å². The molecule has 2 aromatic carbocycles. The van der Waals surface area contributed by atoms with Crippen LogP contribution in [0.5, 0.6) is 0 Å². The minimum atomic E-state index is -1.34. The van der Waals surface area contributed by atoms with Gasteiger partial charge in [-0.3, -0.25) is 9.59 Å². The van der Waals surface area contributed by atoms with Crippen LogP contribution in [0.1, 0.15) is 34.8 Å². The predicted octanol–water partition coefficient (Wildman–Crippen LogP) is 4.25. The van der Waals surface area contributed by atoms with Crippen LogP contribution in [-0.2, 0) is 9.53 Å². The summed E-state index contributed by atoms with van der Waals surface area (Å²) >= 11 is 0. The Bertz CT molecular complexity index is 1060. The molecule has 5 heteroatoms. The zero-order chi connectivity index (χ0) is 21.0. The number of allylic oxidation sites excluding steroid dienone is 1. The first-order chi connectivity index (χ1) is 14.0. The van der Waals surface area contributed by atoms with Crippen molar-refractivity contribution in [2.24, 2.45) is 11.3 Å². The van der Waals surface area contributed by atoms with Crippen LogP contribution >= 0.6 is 0 Å². The Balaban J connectivity index is 2.19. The molecule has 0 heterocycles. The molecule has 0 radical (unpaired) electrons. The number of hydrogen-bond acceptors (Lipinski definition) is 5. The van der Waals surface area contributed by atoms with Crippen LogP contribution in [0, 0.1) is 40.9 Å². The van der Waals surface area contributed by atoms with E-state index < -0.39 is 17.3 Å². The summed E-state index contributed by atoms with van der Waals surface area (Å²) in [4.78, 5) is 26.4. The molecule has 0 aromatic heterocycles. The first kappa shape index (κ1) is 20.0. The summed E-state index contributed by atoms with van der Waals surface area (Å²) in [5.74, 6) is -1.44. The lowest BCUT2D eigenvalue weighted by Gasteiger charge is -2.20. The lowest BCUT2D eigenvalue weighted by Crippen LogP contribution is -2.26. The quantitative estimate of drug-likeness (QED) is 0.422. The van der Waals surface area contributed by atoms with Crippen LogP contribution in [0.2, 0.25) is 0 Å². The molecule has 1 fully saturated rings. The maximum absolute atomic E-state index is 13.3. The number of hydrogen-bond donors (Lipinski definition) is 0. The molecule has 2 aromatic rings. The molecule has 5 nitrogen and oxygen atoms in total. The molecule has 0 unspecified atom stereocenters. The van der Waals surface area contributed by atoms with Crippen LogP contribution in [0.25, 0.3) is 5.57 Å². The average Bonchev–Trinajstić information content (AvgIpc) is 3.49. The highest BCUT2D eigenvalue weighted by Gasteiger charge is 2.67. The van der Waals surface area contributed by atoms with Crippen LogP contribution in [-0.4, -0.2) is 18.4 Å². The molecular weight excluding hydrogens is 364 g/mol. The van der Waals surface area contributed by atoms with Crippen LogP contribution in [0.4, 0.5) is 0 Å². The van der Waals surface area contributed by atoms with Gasteiger partial charge in [0.05, 0.1) is 6.61 Å². The molecule has 0 amide bonds. The van der Waals surface area contributed by atoms with Crippen molar-refractivity contribution < 1.29 is 14.3 Å². The third kappa shape index (κ3) is 3.44. The van der Waals surface area contributed by atoms with Crippen molar-refractivity contribution in [1.82, 2.24) is 0 Å². The molecule has 0 N–H and O–H groups in total. The highest BCUT2D eigenvalue weighted by molar-refractivity contribution is 6.11. The number of ether oxygens (including phenoxy) is 1. The number of ketones is 1. The average molecular weight is 384 g/mol. The van der Waals surface area contributed by atoms with E-state index in [-0.39, 0.29) is 30.0 Å². The number of carbonyl (C=O) groups excluding carboxylic acids is 2. The van der Waals surface area contributed by atoms with E-state index in [1.165, 1.54) is 0 Å². The first-order valence-corrected chi connectivity index (χ1v) is 9.38. The van der Waals surface area contributed by atoms with Crippen LogP contribution in [0.15, 0.2) is 60.2 Å². The zero-order valence-corrected chi connectivity index (χ0v) is 16.3. The summed E-state index contributed by atoms with van der Waals surface area (Å²) in [6.07, 6.45) is 0.204. The summed E-state index contributed by atoms with van der Waals surface area (Å²) in [5, 5.41) is 19.2. The van der Waals surface area contributed by atoms with Crippen molar-refractivity contribution >= 4 is 17.3 Å². The van der Waals surface area contributed by atoms with Crippen molar-refractivity contribution in [1.29, 1.82) is 10.5 Å². The largest absolute Gasteiger partial charge is 0.465 e. The van der Waals surface area contributed by atoms with E-state index >= 15 is 0 Å². The molecular formula is C24H20N2O3. The van der Waals surface area contributed by atoms with Crippen LogP contribution < -0.4 is 0 Å². The van der Waals surface area contributed by atoms with Gasteiger partial charge in [0.15, 0.2) is 5.78 Å². The maximum Gasteiger partial charge on any atom is 0.317 e. The standard InChI is InChI=1S/C24H20N2O3/c1-3-29-23(28)24(13-20(24)22(27)19-12-8-7-9-16(19)2)21(18(14-25)15-26)17-10-5-4-6-11-17/h4-12,20H,3,13H2,1-2H3/t20-,24+/m0/s1. The van der Waals surface area contributed by atoms with Crippen molar-refractivity contribution in [3.63, 3.8) is 0 Å². The van der Waals surface area contributed by atoms with Gasteiger partial charge in [-0.1, -0.05) is 54.6 Å². The van der Waals surface area contributed by atoms with E-state index in [9.17, 15) is 20.1 Å². The van der Waals surface area contributed by atoms with Crippen molar-refractivity contribution in [2.75, 3.05) is 6.61 Å². The highest BCUT2D eigenvalue weighted by atomic mass is 16.5. The van der Waals surface area contributed by atoms with Gasteiger partial charge < -0.3 is 4.74 Å². The second-order valence-electron chi connectivity index (χ2n) is 6.97. The molecule has 0 spiro atoms. The Morgan fingerprint density at radius 3 is 2.28 bits per heavy atom. The summed E-state index contributed by atoms with van der Waals surface area (Å²) in [6, 6.07) is 19.8. The number of nitrogens with zero attached hydrogens (tertiary/aromatic N) is 2. The smallest absolute Gasteiger partial charge is 0.317 e. The molecule has 1 aliphatic carbocycles. The fourth-order valence-corrected chi connectivity index (χ4v) is 3.85. The molecule has 29 heavy (non-hydrogen) atoms. The Kier molecular flexibility index (Phi) is 5.61. The third-order valence-corrected chi connectivity index (χ3v) is 5.31. The van der Waals surface area contributed by atoms with E-state index in [1.54, 1.807) is 49.4 Å². The second kappa shape index (κ2) is 8.12. The van der Waals surface area contributed by atoms with Gasteiger partial charge in [0, 0.05) is 17.1 Å². The maximum atomic E-state index is 13.3. The van der Waals surface area contributed by atoms with Crippen molar-refractivity contribution in [3.05, 3.63) is 76.9 Å². The lowest BCUT2D eigenvalue weighted by atomic mass is 9.82. The molecule has 1 aliphatic rings. The van der Waals surface area contributed by atoms with Gasteiger partial charge in [0.2, 0.25) is 0 Å². The number of carbonyl (C=O) groups is 2. The summed E-state index contributed by atoms with van der Waals surface area (Å²) < 4.78 is 5.31. The molecule has 0 aliphatic heterocycles. The third-order valence-electron chi connectivity index (χ3n) is 5.31. The van der Waals surface area contributed by atoms with Gasteiger partial charge in [-0.15, -0.1) is 0 Å². The van der Waals surface area contributed by atoms with Gasteiger partial charge in [-0.2, -0.15) is 10.5 Å². The minimum Gasteiger partial charge on any atom is -0.465 e. The second-order valence-corrected chi connectivity index (χ2v) is 6.97. The molecule has 1 saturated carbocycles. The number of rotatable bonds is 6. The van der Waals surface area contributed by atoms with Gasteiger partial charge >= 0.3 is 5.97 Å². The number of esters is 1. The fourth-order valence-electron chi connectivity index (χ4n) is 3.85. The zero-order valence-electron chi connectivity index (χ0n) is 16.3. The number of aryl methyl sites for hydroxylation is 1. The molecule has 2 atom stereocenters.